The Morgan fingerprint density at radius 1 is 1.43 bits per heavy atom. The van der Waals surface area contributed by atoms with Crippen LogP contribution in [0.4, 0.5) is 10.9 Å². The Morgan fingerprint density at radius 2 is 2.19 bits per heavy atom. The van der Waals surface area contributed by atoms with Gasteiger partial charge in [0.2, 0.25) is 0 Å². The number of nitrogens with one attached hydrogen (secondary N) is 2. The summed E-state index contributed by atoms with van der Waals surface area (Å²) >= 11 is 1.39. The van der Waals surface area contributed by atoms with Gasteiger partial charge < -0.3 is 26.2 Å². The third kappa shape index (κ3) is 3.28. The monoisotopic (exact) mass is 310 g/mol. The summed E-state index contributed by atoms with van der Waals surface area (Å²) in [5, 5.41) is 7.21. The zero-order valence-corrected chi connectivity index (χ0v) is 13.1. The minimum absolute atomic E-state index is 0.0910. The highest BCUT2D eigenvalue weighted by Gasteiger charge is 2.25. The molecular weight excluding hydrogens is 288 g/mol. The number of aromatic nitrogens is 1. The number of thiazole rings is 1. The molecule has 0 aliphatic carbocycles. The van der Waals surface area contributed by atoms with Gasteiger partial charge in [-0.05, 0) is 20.0 Å². The van der Waals surface area contributed by atoms with Crippen molar-refractivity contribution in [2.75, 3.05) is 56.9 Å². The summed E-state index contributed by atoms with van der Waals surface area (Å²) in [7, 11) is 2.07. The number of likely N-dealkylation sites (N-methyl/N-ethyl adjacent to an activating group) is 1. The summed E-state index contributed by atoms with van der Waals surface area (Å²) in [6.07, 6.45) is 0.992. The number of carbonyl (C=O) groups is 1. The molecule has 0 aromatic carbocycles. The lowest BCUT2D eigenvalue weighted by atomic mass is 10.2. The molecule has 0 spiro atoms. The fourth-order valence-electron chi connectivity index (χ4n) is 2.78. The van der Waals surface area contributed by atoms with E-state index in [1.165, 1.54) is 11.3 Å². The first kappa shape index (κ1) is 14.6. The third-order valence-corrected chi connectivity index (χ3v) is 5.09. The summed E-state index contributed by atoms with van der Waals surface area (Å²) in [5.74, 6) is 0.254. The summed E-state index contributed by atoms with van der Waals surface area (Å²) in [6, 6.07) is 0.214. The van der Waals surface area contributed by atoms with Gasteiger partial charge in [0.25, 0.3) is 5.91 Å². The number of rotatable bonds is 3. The van der Waals surface area contributed by atoms with E-state index in [1.807, 2.05) is 0 Å². The van der Waals surface area contributed by atoms with E-state index in [0.29, 0.717) is 10.7 Å². The molecule has 21 heavy (non-hydrogen) atoms. The largest absolute Gasteiger partial charge is 0.382 e. The van der Waals surface area contributed by atoms with Crippen LogP contribution in [0.2, 0.25) is 0 Å². The van der Waals surface area contributed by atoms with Crippen LogP contribution >= 0.6 is 11.3 Å². The molecule has 1 unspecified atom stereocenters. The fraction of sp³-hybridized carbons (Fsp3) is 0.692. The van der Waals surface area contributed by atoms with Gasteiger partial charge >= 0.3 is 0 Å². The number of amides is 1. The number of nitrogens with zero attached hydrogens (tertiary/aromatic N) is 3. The molecule has 2 aliphatic heterocycles. The first-order valence-electron chi connectivity index (χ1n) is 7.35. The first-order chi connectivity index (χ1) is 10.1. The van der Waals surface area contributed by atoms with Gasteiger partial charge in [0.15, 0.2) is 5.13 Å². The summed E-state index contributed by atoms with van der Waals surface area (Å²) in [4.78, 5) is 21.7. The zero-order valence-electron chi connectivity index (χ0n) is 12.3. The van der Waals surface area contributed by atoms with E-state index in [2.05, 4.69) is 32.5 Å². The van der Waals surface area contributed by atoms with E-state index in [1.54, 1.807) is 0 Å². The highest BCUT2D eigenvalue weighted by molar-refractivity contribution is 7.18. The second kappa shape index (κ2) is 6.17. The Balaban J connectivity index is 1.67. The van der Waals surface area contributed by atoms with Gasteiger partial charge in [-0.15, -0.1) is 0 Å². The number of anilines is 2. The van der Waals surface area contributed by atoms with Gasteiger partial charge in [-0.3, -0.25) is 4.79 Å². The average molecular weight is 310 g/mol. The molecule has 3 rings (SSSR count). The van der Waals surface area contributed by atoms with Crippen molar-refractivity contribution < 1.29 is 4.79 Å². The number of piperazine rings is 1. The number of hydrogen-bond donors (Lipinski definition) is 3. The number of carbonyl (C=O) groups excluding carboxylic acids is 1. The predicted molar refractivity (Wildman–Crippen MR) is 85.0 cm³/mol. The lowest BCUT2D eigenvalue weighted by Gasteiger charge is -2.26. The normalized spacial score (nSPS) is 23.5. The van der Waals surface area contributed by atoms with Crippen LogP contribution in [0, 0.1) is 0 Å². The minimum Gasteiger partial charge on any atom is -0.382 e. The van der Waals surface area contributed by atoms with Crippen LogP contribution in [-0.2, 0) is 0 Å². The van der Waals surface area contributed by atoms with Gasteiger partial charge in [0.05, 0.1) is 0 Å². The molecule has 0 bridgehead atoms. The molecule has 7 nitrogen and oxygen atoms in total. The van der Waals surface area contributed by atoms with Crippen LogP contribution in [0.1, 0.15) is 16.1 Å². The molecule has 0 radical (unpaired) electrons. The van der Waals surface area contributed by atoms with Crippen LogP contribution in [0.3, 0.4) is 0 Å². The first-order valence-corrected chi connectivity index (χ1v) is 8.16. The van der Waals surface area contributed by atoms with Crippen molar-refractivity contribution in [1.82, 2.24) is 20.5 Å². The molecule has 1 atom stereocenters. The Labute approximate surface area is 128 Å². The Bertz CT molecular complexity index is 513. The maximum Gasteiger partial charge on any atom is 0.265 e. The Morgan fingerprint density at radius 3 is 2.86 bits per heavy atom. The van der Waals surface area contributed by atoms with Gasteiger partial charge in [-0.1, -0.05) is 11.3 Å². The van der Waals surface area contributed by atoms with E-state index in [9.17, 15) is 4.79 Å². The Kier molecular flexibility index (Phi) is 4.27. The molecule has 1 amide bonds. The fourth-order valence-corrected chi connectivity index (χ4v) is 3.72. The van der Waals surface area contributed by atoms with Crippen LogP contribution in [-0.4, -0.2) is 68.1 Å². The molecular formula is C13H22N6OS. The van der Waals surface area contributed by atoms with Crippen molar-refractivity contribution in [3.8, 4) is 0 Å². The topological polar surface area (TPSA) is 86.5 Å². The highest BCUT2D eigenvalue weighted by atomic mass is 32.1. The van der Waals surface area contributed by atoms with Crippen molar-refractivity contribution in [2.24, 2.45) is 0 Å². The smallest absolute Gasteiger partial charge is 0.265 e. The van der Waals surface area contributed by atoms with E-state index in [4.69, 9.17) is 5.73 Å². The quantitative estimate of drug-likeness (QED) is 0.702. The van der Waals surface area contributed by atoms with Crippen LogP contribution < -0.4 is 21.3 Å². The van der Waals surface area contributed by atoms with E-state index < -0.39 is 0 Å². The molecule has 8 heteroatoms. The number of nitrogens with two attached hydrogens (primary N) is 1. The second-order valence-corrected chi connectivity index (χ2v) is 6.65. The number of nitrogen functional groups attached to an aromatic ring is 1. The molecule has 0 saturated carbocycles. The molecule has 2 saturated heterocycles. The lowest BCUT2D eigenvalue weighted by molar-refractivity contribution is 0.0943. The number of hydrogen-bond acceptors (Lipinski definition) is 7. The van der Waals surface area contributed by atoms with Crippen molar-refractivity contribution in [3.63, 3.8) is 0 Å². The lowest BCUT2D eigenvalue weighted by Crippen LogP contribution is -2.43. The third-order valence-electron chi connectivity index (χ3n) is 3.96. The van der Waals surface area contributed by atoms with Crippen LogP contribution in [0.25, 0.3) is 0 Å². The van der Waals surface area contributed by atoms with E-state index in [-0.39, 0.29) is 11.9 Å². The molecule has 1 aromatic rings. The van der Waals surface area contributed by atoms with Gasteiger partial charge in [0.1, 0.15) is 10.7 Å². The van der Waals surface area contributed by atoms with E-state index in [0.717, 1.165) is 50.8 Å². The molecule has 116 valence electrons. The average Bonchev–Trinajstić information content (AvgIpc) is 3.06. The summed E-state index contributed by atoms with van der Waals surface area (Å²) in [6.45, 7) is 5.61. The van der Waals surface area contributed by atoms with Crippen LogP contribution in [0.15, 0.2) is 0 Å². The number of likely N-dealkylation sites (tertiary alicyclic amines) is 1. The van der Waals surface area contributed by atoms with Gasteiger partial charge in [-0.25, -0.2) is 4.98 Å². The van der Waals surface area contributed by atoms with Gasteiger partial charge in [0, 0.05) is 38.8 Å². The van der Waals surface area contributed by atoms with E-state index >= 15 is 0 Å². The zero-order chi connectivity index (χ0) is 14.8. The SMILES string of the molecule is CN1CCC(NC(=O)c2sc(N3CCNCC3)nc2N)C1. The molecule has 3 heterocycles. The maximum atomic E-state index is 12.4. The highest BCUT2D eigenvalue weighted by Crippen LogP contribution is 2.28. The Hall–Kier alpha value is -1.38. The summed E-state index contributed by atoms with van der Waals surface area (Å²) in [5.41, 5.74) is 5.94. The summed E-state index contributed by atoms with van der Waals surface area (Å²) < 4.78 is 0. The molecule has 2 aliphatic rings. The maximum absolute atomic E-state index is 12.4. The van der Waals surface area contributed by atoms with Crippen molar-refractivity contribution in [3.05, 3.63) is 4.88 Å². The predicted octanol–water partition coefficient (Wildman–Crippen LogP) is -0.431. The van der Waals surface area contributed by atoms with Crippen molar-refractivity contribution >= 4 is 28.2 Å². The minimum atomic E-state index is -0.0910. The second-order valence-electron chi connectivity index (χ2n) is 5.67. The van der Waals surface area contributed by atoms with Crippen LogP contribution in [0.5, 0.6) is 0 Å². The molecule has 4 N–H and O–H groups in total. The molecule has 1 aromatic heterocycles. The standard InChI is InChI=1S/C13H22N6OS/c1-18-5-2-9(8-18)16-12(20)10-11(14)17-13(21-10)19-6-3-15-4-7-19/h9,15H,2-8,14H2,1H3,(H,16,20). The molecule has 2 fully saturated rings. The van der Waals surface area contributed by atoms with Gasteiger partial charge in [-0.2, -0.15) is 0 Å². The van der Waals surface area contributed by atoms with Crippen molar-refractivity contribution in [1.29, 1.82) is 0 Å². The van der Waals surface area contributed by atoms with Crippen molar-refractivity contribution in [2.45, 2.75) is 12.5 Å².